The Labute approximate surface area is 105 Å². The van der Waals surface area contributed by atoms with E-state index >= 15 is 0 Å². The highest BCUT2D eigenvalue weighted by Gasteiger charge is 2.03. The molecule has 0 aliphatic rings. The van der Waals surface area contributed by atoms with Crippen molar-refractivity contribution in [3.05, 3.63) is 36.2 Å². The summed E-state index contributed by atoms with van der Waals surface area (Å²) in [6.07, 6.45) is 2.04. The summed E-state index contributed by atoms with van der Waals surface area (Å²) in [6, 6.07) is 9.80. The summed E-state index contributed by atoms with van der Waals surface area (Å²) in [4.78, 5) is 9.50. The van der Waals surface area contributed by atoms with E-state index in [4.69, 9.17) is 5.73 Å². The molecule has 17 heavy (non-hydrogen) atoms. The average molecular weight is 246 g/mol. The van der Waals surface area contributed by atoms with Gasteiger partial charge in [0.15, 0.2) is 0 Å². The third-order valence-corrected chi connectivity index (χ3v) is 3.02. The molecule has 1 aromatic heterocycles. The van der Waals surface area contributed by atoms with Crippen molar-refractivity contribution in [3.63, 3.8) is 0 Å². The monoisotopic (exact) mass is 246 g/mol. The molecule has 0 saturated heterocycles. The highest BCUT2D eigenvalue weighted by molar-refractivity contribution is 7.98. The van der Waals surface area contributed by atoms with Crippen molar-refractivity contribution < 1.29 is 0 Å². The number of aryl methyl sites for hydroxylation is 1. The normalized spacial score (nSPS) is 10.2. The lowest BCUT2D eigenvalue weighted by molar-refractivity contribution is 1.06. The molecule has 2 aromatic rings. The Kier molecular flexibility index (Phi) is 3.49. The third kappa shape index (κ3) is 2.88. The van der Waals surface area contributed by atoms with Crippen LogP contribution in [-0.2, 0) is 0 Å². The molecule has 88 valence electrons. The van der Waals surface area contributed by atoms with Gasteiger partial charge in [-0.3, -0.25) is 0 Å². The molecule has 1 aromatic carbocycles. The minimum absolute atomic E-state index is 0.474. The molecule has 0 fully saturated rings. The lowest BCUT2D eigenvalue weighted by atomic mass is 10.3. The number of rotatable bonds is 3. The van der Waals surface area contributed by atoms with Crippen molar-refractivity contribution in [3.8, 4) is 0 Å². The molecule has 0 aliphatic carbocycles. The van der Waals surface area contributed by atoms with Gasteiger partial charge >= 0.3 is 0 Å². The smallest absolute Gasteiger partial charge is 0.136 e. The molecule has 0 aliphatic heterocycles. The van der Waals surface area contributed by atoms with Crippen molar-refractivity contribution in [1.82, 2.24) is 9.97 Å². The molecule has 0 spiro atoms. The van der Waals surface area contributed by atoms with E-state index in [2.05, 4.69) is 21.4 Å². The first-order valence-electron chi connectivity index (χ1n) is 5.20. The fourth-order valence-electron chi connectivity index (χ4n) is 1.54. The Balaban J connectivity index is 2.31. The van der Waals surface area contributed by atoms with Crippen molar-refractivity contribution >= 4 is 29.1 Å². The maximum atomic E-state index is 5.69. The zero-order valence-corrected chi connectivity index (χ0v) is 10.6. The molecule has 1 heterocycles. The van der Waals surface area contributed by atoms with Gasteiger partial charge in [-0.1, -0.05) is 12.1 Å². The number of nitrogen functional groups attached to an aromatic ring is 1. The fraction of sp³-hybridized carbons (Fsp3) is 0.167. The van der Waals surface area contributed by atoms with Crippen LogP contribution in [0.4, 0.5) is 17.3 Å². The summed E-state index contributed by atoms with van der Waals surface area (Å²) in [7, 11) is 0. The lowest BCUT2D eigenvalue weighted by Crippen LogP contribution is -2.01. The van der Waals surface area contributed by atoms with E-state index in [9.17, 15) is 0 Å². The van der Waals surface area contributed by atoms with Crippen LogP contribution in [0.2, 0.25) is 0 Å². The quantitative estimate of drug-likeness (QED) is 0.815. The van der Waals surface area contributed by atoms with Crippen LogP contribution in [0.15, 0.2) is 35.2 Å². The number of nitrogens with two attached hydrogens (primary N) is 1. The predicted molar refractivity (Wildman–Crippen MR) is 72.7 cm³/mol. The van der Waals surface area contributed by atoms with Gasteiger partial charge in [-0.25, -0.2) is 9.97 Å². The second kappa shape index (κ2) is 5.05. The first-order valence-corrected chi connectivity index (χ1v) is 6.42. The Morgan fingerprint density at radius 3 is 2.71 bits per heavy atom. The van der Waals surface area contributed by atoms with Crippen molar-refractivity contribution in [2.75, 3.05) is 17.3 Å². The predicted octanol–water partition coefficient (Wildman–Crippen LogP) is 2.83. The molecule has 5 heteroatoms. The van der Waals surface area contributed by atoms with Crippen LogP contribution in [0.1, 0.15) is 5.82 Å². The van der Waals surface area contributed by atoms with Crippen molar-refractivity contribution in [2.45, 2.75) is 11.8 Å². The van der Waals surface area contributed by atoms with Gasteiger partial charge in [0.2, 0.25) is 0 Å². The van der Waals surface area contributed by atoms with Gasteiger partial charge in [-0.2, -0.15) is 0 Å². The first-order chi connectivity index (χ1) is 8.19. The molecule has 0 unspecified atom stereocenters. The molecular formula is C12H14N4S. The maximum Gasteiger partial charge on any atom is 0.136 e. The number of hydrogen-bond donors (Lipinski definition) is 2. The Morgan fingerprint density at radius 2 is 2.00 bits per heavy atom. The first kappa shape index (κ1) is 11.7. The van der Waals surface area contributed by atoms with E-state index in [1.807, 2.05) is 31.4 Å². The zero-order valence-electron chi connectivity index (χ0n) is 9.77. The molecule has 2 rings (SSSR count). The molecule has 0 bridgehead atoms. The summed E-state index contributed by atoms with van der Waals surface area (Å²) in [5.41, 5.74) is 6.71. The Hall–Kier alpha value is -1.75. The molecule has 0 amide bonds. The summed E-state index contributed by atoms with van der Waals surface area (Å²) in [6.45, 7) is 1.82. The second-order valence-corrected chi connectivity index (χ2v) is 4.40. The molecule has 0 atom stereocenters. The second-order valence-electron chi connectivity index (χ2n) is 3.55. The van der Waals surface area contributed by atoms with Crippen LogP contribution in [0.3, 0.4) is 0 Å². The number of thioether (sulfide) groups is 1. The van der Waals surface area contributed by atoms with E-state index in [0.717, 1.165) is 11.5 Å². The summed E-state index contributed by atoms with van der Waals surface area (Å²) >= 11 is 1.69. The Morgan fingerprint density at radius 1 is 1.24 bits per heavy atom. The van der Waals surface area contributed by atoms with E-state index in [0.29, 0.717) is 11.6 Å². The summed E-state index contributed by atoms with van der Waals surface area (Å²) in [5.74, 6) is 1.85. The average Bonchev–Trinajstić information content (AvgIpc) is 2.28. The molecule has 0 radical (unpaired) electrons. The summed E-state index contributed by atoms with van der Waals surface area (Å²) < 4.78 is 0. The maximum absolute atomic E-state index is 5.69. The number of nitrogens with zero attached hydrogens (tertiary/aromatic N) is 2. The van der Waals surface area contributed by atoms with Crippen LogP contribution in [-0.4, -0.2) is 16.2 Å². The number of aromatic nitrogens is 2. The lowest BCUT2D eigenvalue weighted by Gasteiger charge is -2.10. The van der Waals surface area contributed by atoms with Crippen LogP contribution in [0.25, 0.3) is 0 Å². The van der Waals surface area contributed by atoms with Gasteiger partial charge < -0.3 is 11.1 Å². The highest BCUT2D eigenvalue weighted by atomic mass is 32.2. The van der Waals surface area contributed by atoms with E-state index in [1.54, 1.807) is 17.8 Å². The number of para-hydroxylation sites is 1. The van der Waals surface area contributed by atoms with Gasteiger partial charge in [0.1, 0.15) is 17.5 Å². The number of nitrogens with one attached hydrogen (secondary N) is 1. The topological polar surface area (TPSA) is 63.8 Å². The van der Waals surface area contributed by atoms with Crippen molar-refractivity contribution in [1.29, 1.82) is 0 Å². The SMILES string of the molecule is CSc1ccccc1Nc1cc(N)nc(C)n1. The molecule has 0 saturated carbocycles. The van der Waals surface area contributed by atoms with Gasteiger partial charge in [0, 0.05) is 11.0 Å². The van der Waals surface area contributed by atoms with Gasteiger partial charge in [0.05, 0.1) is 5.69 Å². The minimum Gasteiger partial charge on any atom is -0.384 e. The van der Waals surface area contributed by atoms with Crippen molar-refractivity contribution in [2.24, 2.45) is 0 Å². The summed E-state index contributed by atoms with van der Waals surface area (Å²) in [5, 5.41) is 3.25. The van der Waals surface area contributed by atoms with Crippen LogP contribution in [0, 0.1) is 6.92 Å². The Bertz CT molecular complexity index is 507. The van der Waals surface area contributed by atoms with E-state index < -0.39 is 0 Å². The number of hydrogen-bond acceptors (Lipinski definition) is 5. The minimum atomic E-state index is 0.474. The zero-order chi connectivity index (χ0) is 12.3. The van der Waals surface area contributed by atoms with Crippen LogP contribution >= 0.6 is 11.8 Å². The molecule has 4 nitrogen and oxygen atoms in total. The molecular weight excluding hydrogens is 232 g/mol. The standard InChI is InChI=1S/C12H14N4S/c1-8-14-11(13)7-12(15-8)16-9-5-3-4-6-10(9)17-2/h3-7H,1-2H3,(H3,13,14,15,16). The van der Waals surface area contributed by atoms with E-state index in [1.165, 1.54) is 4.90 Å². The van der Waals surface area contributed by atoms with Gasteiger partial charge in [0.25, 0.3) is 0 Å². The fourth-order valence-corrected chi connectivity index (χ4v) is 2.09. The van der Waals surface area contributed by atoms with Gasteiger partial charge in [-0.05, 0) is 25.3 Å². The van der Waals surface area contributed by atoms with Crippen LogP contribution in [0.5, 0.6) is 0 Å². The number of benzene rings is 1. The van der Waals surface area contributed by atoms with Crippen LogP contribution < -0.4 is 11.1 Å². The molecule has 3 N–H and O–H groups in total. The largest absolute Gasteiger partial charge is 0.384 e. The number of anilines is 3. The van der Waals surface area contributed by atoms with Gasteiger partial charge in [-0.15, -0.1) is 11.8 Å². The highest BCUT2D eigenvalue weighted by Crippen LogP contribution is 2.27. The third-order valence-electron chi connectivity index (χ3n) is 2.23. The van der Waals surface area contributed by atoms with E-state index in [-0.39, 0.29) is 0 Å².